The number of carboxylic acid groups (broad SMARTS) is 1. The van der Waals surface area contributed by atoms with E-state index in [2.05, 4.69) is 5.32 Å². The molecular weight excluding hydrogens is 244 g/mol. The third kappa shape index (κ3) is 5.52. The minimum atomic E-state index is -0.809. The van der Waals surface area contributed by atoms with E-state index in [1.165, 1.54) is 0 Å². The van der Waals surface area contributed by atoms with Crippen molar-refractivity contribution in [2.24, 2.45) is 0 Å². The molecule has 0 aliphatic rings. The molecule has 0 aliphatic heterocycles. The highest BCUT2D eigenvalue weighted by Crippen LogP contribution is 2.20. The van der Waals surface area contributed by atoms with Gasteiger partial charge in [0, 0.05) is 5.69 Å². The summed E-state index contributed by atoms with van der Waals surface area (Å²) in [5.74, 6) is -0.920. The first kappa shape index (κ1) is 15.2. The van der Waals surface area contributed by atoms with Crippen LogP contribution in [-0.4, -0.2) is 42.5 Å². The summed E-state index contributed by atoms with van der Waals surface area (Å²) in [6.07, 6.45) is 0.104. The standard InChI is InChI=1S/C14H20N2O3/c1-10(8-14(18)19)11-4-6-12(7-5-11)15-13(17)9-16(2)3/h4-7,10H,8-9H2,1-3H3,(H,15,17)(H,18,19). The molecule has 1 amide bonds. The molecule has 0 bridgehead atoms. The van der Waals surface area contributed by atoms with Crippen LogP contribution in [-0.2, 0) is 9.59 Å². The van der Waals surface area contributed by atoms with E-state index in [0.717, 1.165) is 11.3 Å². The van der Waals surface area contributed by atoms with E-state index in [1.807, 2.05) is 33.2 Å². The van der Waals surface area contributed by atoms with Gasteiger partial charge in [0.05, 0.1) is 13.0 Å². The van der Waals surface area contributed by atoms with Crippen LogP contribution in [0.25, 0.3) is 0 Å². The molecule has 1 aromatic carbocycles. The molecule has 0 spiro atoms. The average molecular weight is 264 g/mol. The van der Waals surface area contributed by atoms with Gasteiger partial charge in [0.1, 0.15) is 0 Å². The van der Waals surface area contributed by atoms with Crippen LogP contribution in [0.2, 0.25) is 0 Å². The summed E-state index contributed by atoms with van der Waals surface area (Å²) < 4.78 is 0. The zero-order valence-corrected chi connectivity index (χ0v) is 11.5. The Labute approximate surface area is 113 Å². The van der Waals surface area contributed by atoms with Gasteiger partial charge in [0.15, 0.2) is 0 Å². The summed E-state index contributed by atoms with van der Waals surface area (Å²) in [6, 6.07) is 7.28. The summed E-state index contributed by atoms with van der Waals surface area (Å²) in [5, 5.41) is 11.5. The molecule has 0 aromatic heterocycles. The van der Waals surface area contributed by atoms with Gasteiger partial charge in [-0.2, -0.15) is 0 Å². The van der Waals surface area contributed by atoms with Crippen LogP contribution in [0.1, 0.15) is 24.8 Å². The Morgan fingerprint density at radius 2 is 1.84 bits per heavy atom. The lowest BCUT2D eigenvalue weighted by molar-refractivity contribution is -0.137. The zero-order valence-electron chi connectivity index (χ0n) is 11.5. The number of aliphatic carboxylic acids is 1. The van der Waals surface area contributed by atoms with Gasteiger partial charge < -0.3 is 15.3 Å². The van der Waals surface area contributed by atoms with Crippen LogP contribution in [0.15, 0.2) is 24.3 Å². The Bertz CT molecular complexity index is 441. The number of hydrogen-bond donors (Lipinski definition) is 2. The molecule has 104 valence electrons. The van der Waals surface area contributed by atoms with Gasteiger partial charge in [-0.1, -0.05) is 19.1 Å². The maximum Gasteiger partial charge on any atom is 0.303 e. The Balaban J connectivity index is 2.61. The van der Waals surface area contributed by atoms with Crippen molar-refractivity contribution in [3.8, 4) is 0 Å². The number of nitrogens with one attached hydrogen (secondary N) is 1. The highest BCUT2D eigenvalue weighted by Gasteiger charge is 2.10. The van der Waals surface area contributed by atoms with Crippen molar-refractivity contribution in [2.45, 2.75) is 19.3 Å². The van der Waals surface area contributed by atoms with E-state index < -0.39 is 5.97 Å². The van der Waals surface area contributed by atoms with E-state index in [1.54, 1.807) is 17.0 Å². The van der Waals surface area contributed by atoms with Crippen molar-refractivity contribution in [2.75, 3.05) is 26.0 Å². The normalized spacial score (nSPS) is 12.2. The summed E-state index contributed by atoms with van der Waals surface area (Å²) >= 11 is 0. The Morgan fingerprint density at radius 3 is 2.32 bits per heavy atom. The molecule has 0 saturated heterocycles. The molecule has 1 atom stereocenters. The number of carbonyl (C=O) groups is 2. The molecular formula is C14H20N2O3. The molecule has 5 heteroatoms. The minimum Gasteiger partial charge on any atom is -0.481 e. The molecule has 0 saturated carbocycles. The minimum absolute atomic E-state index is 0.0379. The molecule has 5 nitrogen and oxygen atoms in total. The van der Waals surface area contributed by atoms with Crippen LogP contribution < -0.4 is 5.32 Å². The fourth-order valence-corrected chi connectivity index (χ4v) is 1.76. The molecule has 1 rings (SSSR count). The van der Waals surface area contributed by atoms with Gasteiger partial charge in [0.2, 0.25) is 5.91 Å². The first-order chi connectivity index (χ1) is 8.88. The third-order valence-corrected chi connectivity index (χ3v) is 2.70. The van der Waals surface area contributed by atoms with E-state index in [9.17, 15) is 9.59 Å². The summed E-state index contributed by atoms with van der Waals surface area (Å²) in [6.45, 7) is 2.20. The SMILES string of the molecule is CC(CC(=O)O)c1ccc(NC(=O)CN(C)C)cc1. The van der Waals surface area contributed by atoms with Gasteiger partial charge in [-0.25, -0.2) is 0 Å². The van der Waals surface area contributed by atoms with Gasteiger partial charge >= 0.3 is 5.97 Å². The largest absolute Gasteiger partial charge is 0.481 e. The van der Waals surface area contributed by atoms with Crippen LogP contribution in [0, 0.1) is 0 Å². The fraction of sp³-hybridized carbons (Fsp3) is 0.429. The van der Waals surface area contributed by atoms with Crippen molar-refractivity contribution in [1.82, 2.24) is 4.90 Å². The lowest BCUT2D eigenvalue weighted by Gasteiger charge is -2.12. The third-order valence-electron chi connectivity index (χ3n) is 2.70. The molecule has 0 aliphatic carbocycles. The number of amides is 1. The van der Waals surface area contributed by atoms with Gasteiger partial charge in [-0.15, -0.1) is 0 Å². The summed E-state index contributed by atoms with van der Waals surface area (Å²) in [4.78, 5) is 24.0. The van der Waals surface area contributed by atoms with Gasteiger partial charge in [-0.05, 0) is 37.7 Å². The molecule has 0 fully saturated rings. The summed E-state index contributed by atoms with van der Waals surface area (Å²) in [5.41, 5.74) is 1.67. The second kappa shape index (κ2) is 6.89. The number of rotatable bonds is 6. The predicted octanol–water partition coefficient (Wildman–Crippen LogP) is 1.76. The van der Waals surface area contributed by atoms with E-state index >= 15 is 0 Å². The highest BCUT2D eigenvalue weighted by molar-refractivity contribution is 5.92. The second-order valence-electron chi connectivity index (χ2n) is 4.91. The molecule has 2 N–H and O–H groups in total. The number of carbonyl (C=O) groups excluding carboxylic acids is 1. The predicted molar refractivity (Wildman–Crippen MR) is 74.3 cm³/mol. The Kier molecular flexibility index (Phi) is 5.51. The lowest BCUT2D eigenvalue weighted by Crippen LogP contribution is -2.27. The first-order valence-corrected chi connectivity index (χ1v) is 6.15. The van der Waals surface area contributed by atoms with Crippen LogP contribution in [0.5, 0.6) is 0 Å². The van der Waals surface area contributed by atoms with Crippen LogP contribution in [0.4, 0.5) is 5.69 Å². The van der Waals surface area contributed by atoms with Crippen molar-refractivity contribution >= 4 is 17.6 Å². The lowest BCUT2D eigenvalue weighted by atomic mass is 9.98. The number of hydrogen-bond acceptors (Lipinski definition) is 3. The highest BCUT2D eigenvalue weighted by atomic mass is 16.4. The van der Waals surface area contributed by atoms with Gasteiger partial charge in [0.25, 0.3) is 0 Å². The maximum absolute atomic E-state index is 11.6. The quantitative estimate of drug-likeness (QED) is 0.821. The molecule has 1 unspecified atom stereocenters. The smallest absolute Gasteiger partial charge is 0.303 e. The zero-order chi connectivity index (χ0) is 14.4. The van der Waals surface area contributed by atoms with Crippen molar-refractivity contribution in [3.05, 3.63) is 29.8 Å². The molecule has 19 heavy (non-hydrogen) atoms. The van der Waals surface area contributed by atoms with E-state index in [0.29, 0.717) is 6.54 Å². The number of anilines is 1. The second-order valence-corrected chi connectivity index (χ2v) is 4.91. The average Bonchev–Trinajstić information content (AvgIpc) is 2.27. The number of nitrogens with zero attached hydrogens (tertiary/aromatic N) is 1. The van der Waals surface area contributed by atoms with Crippen molar-refractivity contribution in [3.63, 3.8) is 0 Å². The summed E-state index contributed by atoms with van der Waals surface area (Å²) in [7, 11) is 3.66. The Hall–Kier alpha value is -1.88. The van der Waals surface area contributed by atoms with Crippen LogP contribution >= 0.6 is 0 Å². The molecule has 1 aromatic rings. The number of likely N-dealkylation sites (N-methyl/N-ethyl adjacent to an activating group) is 1. The molecule has 0 heterocycles. The number of benzene rings is 1. The Morgan fingerprint density at radius 1 is 1.26 bits per heavy atom. The maximum atomic E-state index is 11.6. The van der Waals surface area contributed by atoms with Crippen molar-refractivity contribution in [1.29, 1.82) is 0 Å². The van der Waals surface area contributed by atoms with Crippen molar-refractivity contribution < 1.29 is 14.7 Å². The van der Waals surface area contributed by atoms with Gasteiger partial charge in [-0.3, -0.25) is 9.59 Å². The number of carboxylic acids is 1. The monoisotopic (exact) mass is 264 g/mol. The topological polar surface area (TPSA) is 69.6 Å². The fourth-order valence-electron chi connectivity index (χ4n) is 1.76. The van der Waals surface area contributed by atoms with Crippen LogP contribution in [0.3, 0.4) is 0 Å². The molecule has 0 radical (unpaired) electrons. The van der Waals surface area contributed by atoms with E-state index in [4.69, 9.17) is 5.11 Å². The van der Waals surface area contributed by atoms with E-state index in [-0.39, 0.29) is 18.2 Å². The first-order valence-electron chi connectivity index (χ1n) is 6.15.